The largest absolute Gasteiger partial charge is 0.372 e. The minimum Gasteiger partial charge on any atom is -0.372 e. The van der Waals surface area contributed by atoms with Crippen molar-refractivity contribution in [1.82, 2.24) is 9.47 Å². The zero-order valence-electron chi connectivity index (χ0n) is 21.6. The van der Waals surface area contributed by atoms with Gasteiger partial charge in [0.05, 0.1) is 17.1 Å². The van der Waals surface area contributed by atoms with Gasteiger partial charge in [0.15, 0.2) is 0 Å². The van der Waals surface area contributed by atoms with Crippen LogP contribution in [0.4, 0.5) is 5.82 Å². The second-order valence-electron chi connectivity index (χ2n) is 9.58. The summed E-state index contributed by atoms with van der Waals surface area (Å²) in [5, 5.41) is 9.71. The average Bonchev–Trinajstić information content (AvgIpc) is 3.07. The van der Waals surface area contributed by atoms with Gasteiger partial charge in [-0.15, -0.1) is 0 Å². The maximum Gasteiger partial charge on any atom is 0.270 e. The third-order valence-corrected chi connectivity index (χ3v) is 8.20. The van der Waals surface area contributed by atoms with Crippen molar-refractivity contribution in [3.63, 3.8) is 0 Å². The topological polar surface area (TPSA) is 78.6 Å². The molecule has 9 heteroatoms. The van der Waals surface area contributed by atoms with Crippen molar-refractivity contribution in [2.75, 3.05) is 24.5 Å². The monoisotopic (exact) mass is 516 g/mol. The number of carbonyl (C=O) groups excluding carboxylic acids is 1. The first-order valence-electron chi connectivity index (χ1n) is 12.4. The fourth-order valence-electron chi connectivity index (χ4n) is 4.91. The number of unbranched alkanes of at least 4 members (excludes halogenated alkanes) is 1. The standard InChI is InChI=1S/C26H36N4O3S2/c1-7-9-10-19(8-2)15-30-25(32)22(35-26(30)34)11-20-18(5)21(12-27)24(31)28(6)23(20)29-13-16(3)33-17(4)14-29/h11,16-17,19H,7-10,13-15H2,1-6H3/b22-11-. The number of amides is 1. The molecule has 0 saturated carbocycles. The predicted molar refractivity (Wildman–Crippen MR) is 147 cm³/mol. The molecule has 2 aliphatic heterocycles. The van der Waals surface area contributed by atoms with Gasteiger partial charge in [0.2, 0.25) is 0 Å². The van der Waals surface area contributed by atoms with Gasteiger partial charge in [-0.2, -0.15) is 5.26 Å². The maximum atomic E-state index is 13.4. The van der Waals surface area contributed by atoms with Crippen molar-refractivity contribution in [2.24, 2.45) is 13.0 Å². The normalized spacial score (nSPS) is 22.7. The van der Waals surface area contributed by atoms with E-state index in [0.717, 1.165) is 25.7 Å². The zero-order chi connectivity index (χ0) is 25.9. The number of aromatic nitrogens is 1. The Balaban J connectivity index is 2.06. The molecule has 1 aromatic heterocycles. The number of rotatable bonds is 8. The van der Waals surface area contributed by atoms with Crippen molar-refractivity contribution in [3.05, 3.63) is 31.9 Å². The van der Waals surface area contributed by atoms with E-state index in [1.54, 1.807) is 18.9 Å². The quantitative estimate of drug-likeness (QED) is 0.369. The lowest BCUT2D eigenvalue weighted by Crippen LogP contribution is -2.47. The van der Waals surface area contributed by atoms with E-state index in [4.69, 9.17) is 17.0 Å². The van der Waals surface area contributed by atoms with Gasteiger partial charge in [-0.25, -0.2) is 0 Å². The van der Waals surface area contributed by atoms with E-state index in [1.807, 2.05) is 19.9 Å². The molecule has 3 unspecified atom stereocenters. The molecule has 3 heterocycles. The number of thioether (sulfide) groups is 1. The fourth-order valence-corrected chi connectivity index (χ4v) is 6.17. The van der Waals surface area contributed by atoms with Crippen LogP contribution in [-0.4, -0.2) is 51.5 Å². The Bertz CT molecular complexity index is 1110. The second kappa shape index (κ2) is 11.7. The predicted octanol–water partition coefficient (Wildman–Crippen LogP) is 4.60. The minimum absolute atomic E-state index is 0.00930. The Kier molecular flexibility index (Phi) is 9.19. The van der Waals surface area contributed by atoms with Crippen LogP contribution in [0.1, 0.15) is 70.1 Å². The summed E-state index contributed by atoms with van der Waals surface area (Å²) in [6.45, 7) is 12.0. The molecule has 0 radical (unpaired) electrons. The fraction of sp³-hybridized carbons (Fsp3) is 0.615. The molecule has 7 nitrogen and oxygen atoms in total. The van der Waals surface area contributed by atoms with Crippen molar-refractivity contribution in [3.8, 4) is 6.07 Å². The highest BCUT2D eigenvalue weighted by Gasteiger charge is 2.35. The molecule has 0 spiro atoms. The Hall–Kier alpha value is -2.15. The summed E-state index contributed by atoms with van der Waals surface area (Å²) in [5.41, 5.74) is 1.05. The minimum atomic E-state index is -0.335. The van der Waals surface area contributed by atoms with Gasteiger partial charge < -0.3 is 9.64 Å². The van der Waals surface area contributed by atoms with Gasteiger partial charge in [0.25, 0.3) is 11.5 Å². The first-order chi connectivity index (χ1) is 16.6. The summed E-state index contributed by atoms with van der Waals surface area (Å²) in [4.78, 5) is 30.8. The van der Waals surface area contributed by atoms with Crippen LogP contribution in [0.25, 0.3) is 6.08 Å². The highest BCUT2D eigenvalue weighted by atomic mass is 32.2. The molecule has 0 N–H and O–H groups in total. The Labute approximate surface area is 218 Å². The van der Waals surface area contributed by atoms with Gasteiger partial charge in [-0.3, -0.25) is 19.1 Å². The zero-order valence-corrected chi connectivity index (χ0v) is 23.2. The lowest BCUT2D eigenvalue weighted by atomic mass is 9.99. The summed E-state index contributed by atoms with van der Waals surface area (Å²) in [5.74, 6) is 1.01. The van der Waals surface area contributed by atoms with E-state index in [9.17, 15) is 14.9 Å². The molecule has 3 atom stereocenters. The number of thiocarbonyl (C=S) groups is 1. The van der Waals surface area contributed by atoms with Gasteiger partial charge >= 0.3 is 0 Å². The SMILES string of the molecule is CCCCC(CC)CN1C(=O)/C(=C/c2c(C)c(C#N)c(=O)n(C)c2N2CC(C)OC(C)C2)SC1=S. The molecule has 0 aliphatic carbocycles. The third-order valence-electron chi connectivity index (χ3n) is 6.82. The first-order valence-corrected chi connectivity index (χ1v) is 13.6. The number of nitriles is 1. The number of carbonyl (C=O) groups is 1. The number of hydrogen-bond donors (Lipinski definition) is 0. The van der Waals surface area contributed by atoms with Crippen LogP contribution in [0, 0.1) is 24.2 Å². The van der Waals surface area contributed by atoms with Crippen LogP contribution in [0.2, 0.25) is 0 Å². The summed E-state index contributed by atoms with van der Waals surface area (Å²) in [7, 11) is 1.69. The van der Waals surface area contributed by atoms with Crippen molar-refractivity contribution in [2.45, 2.75) is 72.5 Å². The molecule has 0 aromatic carbocycles. The van der Waals surface area contributed by atoms with E-state index in [0.29, 0.717) is 51.7 Å². The van der Waals surface area contributed by atoms with Gasteiger partial charge in [-0.1, -0.05) is 57.1 Å². The summed E-state index contributed by atoms with van der Waals surface area (Å²) < 4.78 is 7.99. The second-order valence-corrected chi connectivity index (χ2v) is 11.3. The number of nitrogens with zero attached hydrogens (tertiary/aromatic N) is 4. The molecule has 35 heavy (non-hydrogen) atoms. The molecule has 1 amide bonds. The Morgan fingerprint density at radius 3 is 2.49 bits per heavy atom. The molecule has 3 rings (SSSR count). The van der Waals surface area contributed by atoms with Crippen molar-refractivity contribution >= 4 is 46.1 Å². The smallest absolute Gasteiger partial charge is 0.270 e. The van der Waals surface area contributed by atoms with Crippen LogP contribution < -0.4 is 10.5 Å². The highest BCUT2D eigenvalue weighted by molar-refractivity contribution is 8.26. The first kappa shape index (κ1) is 27.4. The summed E-state index contributed by atoms with van der Waals surface area (Å²) in [6, 6.07) is 2.07. The van der Waals surface area contributed by atoms with E-state index in [1.165, 1.54) is 16.3 Å². The number of anilines is 1. The average molecular weight is 517 g/mol. The molecule has 2 aliphatic rings. The van der Waals surface area contributed by atoms with Crippen molar-refractivity contribution < 1.29 is 9.53 Å². The van der Waals surface area contributed by atoms with Crippen LogP contribution >= 0.6 is 24.0 Å². The highest BCUT2D eigenvalue weighted by Crippen LogP contribution is 2.37. The van der Waals surface area contributed by atoms with Crippen molar-refractivity contribution in [1.29, 1.82) is 5.26 Å². The van der Waals surface area contributed by atoms with Crippen LogP contribution in [0.15, 0.2) is 9.70 Å². The lowest BCUT2D eigenvalue weighted by Gasteiger charge is -2.38. The number of ether oxygens (including phenoxy) is 1. The number of morpholine rings is 1. The van der Waals surface area contributed by atoms with E-state index >= 15 is 0 Å². The molecular weight excluding hydrogens is 480 g/mol. The van der Waals surface area contributed by atoms with Gasteiger partial charge in [0, 0.05) is 32.2 Å². The van der Waals surface area contributed by atoms with Crippen LogP contribution in [0.3, 0.4) is 0 Å². The van der Waals surface area contributed by atoms with E-state index in [2.05, 4.69) is 24.8 Å². The van der Waals surface area contributed by atoms with E-state index in [-0.39, 0.29) is 29.2 Å². The maximum absolute atomic E-state index is 13.4. The number of pyridine rings is 1. The van der Waals surface area contributed by atoms with Crippen LogP contribution in [0.5, 0.6) is 0 Å². The molecule has 1 aromatic rings. The molecule has 2 saturated heterocycles. The molecule has 2 fully saturated rings. The summed E-state index contributed by atoms with van der Waals surface area (Å²) >= 11 is 6.90. The summed E-state index contributed by atoms with van der Waals surface area (Å²) in [6.07, 6.45) is 6.14. The lowest BCUT2D eigenvalue weighted by molar-refractivity contribution is -0.122. The van der Waals surface area contributed by atoms with Crippen LogP contribution in [-0.2, 0) is 16.6 Å². The van der Waals surface area contributed by atoms with Gasteiger partial charge in [-0.05, 0) is 44.7 Å². The third kappa shape index (κ3) is 5.82. The number of hydrogen-bond acceptors (Lipinski definition) is 7. The van der Waals surface area contributed by atoms with Gasteiger partial charge in [0.1, 0.15) is 21.8 Å². The molecule has 190 valence electrons. The Morgan fingerprint density at radius 1 is 1.26 bits per heavy atom. The molecule has 0 bridgehead atoms. The molecular formula is C26H36N4O3S2. The Morgan fingerprint density at radius 2 is 1.91 bits per heavy atom. The van der Waals surface area contributed by atoms with E-state index < -0.39 is 0 Å².